The monoisotopic (exact) mass is 298 g/mol. The van der Waals surface area contributed by atoms with E-state index in [1.54, 1.807) is 6.07 Å². The summed E-state index contributed by atoms with van der Waals surface area (Å²) >= 11 is 5.98. The summed E-state index contributed by atoms with van der Waals surface area (Å²) in [4.78, 5) is 23.4. The number of morpholine rings is 1. The molecule has 1 aromatic carbocycles. The number of carbonyl (C=O) groups is 2. The zero-order chi connectivity index (χ0) is 14.5. The van der Waals surface area contributed by atoms with E-state index < -0.39 is 5.97 Å². The minimum atomic E-state index is -0.518. The van der Waals surface area contributed by atoms with E-state index in [9.17, 15) is 9.59 Å². The van der Waals surface area contributed by atoms with Crippen LogP contribution in [0, 0.1) is 0 Å². The predicted octanol–water partition coefficient (Wildman–Crippen LogP) is 1.05. The molecule has 7 heteroatoms. The first-order valence-electron chi connectivity index (χ1n) is 6.11. The van der Waals surface area contributed by atoms with E-state index in [0.29, 0.717) is 25.4 Å². The number of hydrogen-bond donors (Lipinski definition) is 2. The molecule has 1 heterocycles. The molecule has 0 saturated carbocycles. The summed E-state index contributed by atoms with van der Waals surface area (Å²) in [5.74, 6) is -0.721. The lowest BCUT2D eigenvalue weighted by Crippen LogP contribution is -2.48. The molecule has 0 radical (unpaired) electrons. The van der Waals surface area contributed by atoms with Crippen LogP contribution < -0.4 is 10.6 Å². The molecule has 6 nitrogen and oxygen atoms in total. The quantitative estimate of drug-likeness (QED) is 0.816. The second kappa shape index (κ2) is 6.69. The summed E-state index contributed by atoms with van der Waals surface area (Å²) in [7, 11) is 1.28. The Morgan fingerprint density at radius 1 is 1.50 bits per heavy atom. The Morgan fingerprint density at radius 3 is 2.90 bits per heavy atom. The van der Waals surface area contributed by atoms with Gasteiger partial charge in [-0.2, -0.15) is 0 Å². The van der Waals surface area contributed by atoms with Crippen LogP contribution in [0.5, 0.6) is 0 Å². The maximum Gasteiger partial charge on any atom is 0.339 e. The zero-order valence-electron chi connectivity index (χ0n) is 10.9. The number of esters is 1. The van der Waals surface area contributed by atoms with Gasteiger partial charge in [-0.1, -0.05) is 11.6 Å². The first-order chi connectivity index (χ1) is 9.61. The molecule has 1 unspecified atom stereocenters. The van der Waals surface area contributed by atoms with E-state index in [-0.39, 0.29) is 22.5 Å². The number of carbonyl (C=O) groups excluding carboxylic acids is 2. The van der Waals surface area contributed by atoms with Gasteiger partial charge in [-0.3, -0.25) is 4.79 Å². The number of rotatable bonds is 3. The molecule has 20 heavy (non-hydrogen) atoms. The Hall–Kier alpha value is -1.63. The molecule has 1 aliphatic rings. The molecule has 2 rings (SSSR count). The number of amides is 1. The van der Waals surface area contributed by atoms with Gasteiger partial charge in [-0.25, -0.2) is 4.79 Å². The highest BCUT2D eigenvalue weighted by atomic mass is 35.5. The third-order valence-electron chi connectivity index (χ3n) is 2.88. The van der Waals surface area contributed by atoms with Crippen molar-refractivity contribution in [3.63, 3.8) is 0 Å². The van der Waals surface area contributed by atoms with Gasteiger partial charge in [0.15, 0.2) is 0 Å². The van der Waals surface area contributed by atoms with Crippen molar-refractivity contribution < 1.29 is 19.1 Å². The Balaban J connectivity index is 2.04. The number of anilines is 1. The molecule has 1 amide bonds. The van der Waals surface area contributed by atoms with E-state index in [0.717, 1.165) is 0 Å². The molecule has 0 aliphatic carbocycles. The van der Waals surface area contributed by atoms with Gasteiger partial charge in [0.25, 0.3) is 0 Å². The number of ether oxygens (including phenoxy) is 2. The van der Waals surface area contributed by atoms with Crippen LogP contribution in [0.15, 0.2) is 18.2 Å². The van der Waals surface area contributed by atoms with Crippen LogP contribution in [-0.2, 0) is 14.3 Å². The molecular weight excluding hydrogens is 284 g/mol. The summed E-state index contributed by atoms with van der Waals surface area (Å²) < 4.78 is 9.82. The molecule has 1 saturated heterocycles. The minimum Gasteiger partial charge on any atom is -0.465 e. The number of hydrogen-bond acceptors (Lipinski definition) is 5. The third kappa shape index (κ3) is 3.47. The van der Waals surface area contributed by atoms with Crippen molar-refractivity contribution >= 4 is 29.2 Å². The average molecular weight is 299 g/mol. The summed E-state index contributed by atoms with van der Waals surface area (Å²) in [5, 5.41) is 5.99. The summed E-state index contributed by atoms with van der Waals surface area (Å²) in [6, 6.07) is 4.23. The number of halogens is 1. The van der Waals surface area contributed by atoms with Crippen molar-refractivity contribution in [2.45, 2.75) is 6.04 Å². The van der Waals surface area contributed by atoms with Gasteiger partial charge >= 0.3 is 5.97 Å². The van der Waals surface area contributed by atoms with Crippen LogP contribution in [0.2, 0.25) is 5.02 Å². The molecule has 0 aromatic heterocycles. The van der Waals surface area contributed by atoms with E-state index in [4.69, 9.17) is 16.3 Å². The third-order valence-corrected chi connectivity index (χ3v) is 3.19. The zero-order valence-corrected chi connectivity index (χ0v) is 11.7. The smallest absolute Gasteiger partial charge is 0.339 e. The fourth-order valence-electron chi connectivity index (χ4n) is 1.83. The van der Waals surface area contributed by atoms with Gasteiger partial charge < -0.3 is 20.1 Å². The highest BCUT2D eigenvalue weighted by Gasteiger charge is 2.21. The average Bonchev–Trinajstić information content (AvgIpc) is 2.47. The van der Waals surface area contributed by atoms with E-state index in [1.165, 1.54) is 19.2 Å². The van der Waals surface area contributed by atoms with Gasteiger partial charge in [0.1, 0.15) is 6.04 Å². The summed E-state index contributed by atoms with van der Waals surface area (Å²) in [6.45, 7) is 1.57. The Morgan fingerprint density at radius 2 is 2.30 bits per heavy atom. The second-order valence-electron chi connectivity index (χ2n) is 4.26. The number of methoxy groups -OCH3 is 1. The maximum atomic E-state index is 12.0. The van der Waals surface area contributed by atoms with Gasteiger partial charge in [0.2, 0.25) is 5.91 Å². The summed E-state index contributed by atoms with van der Waals surface area (Å²) in [6.07, 6.45) is 0. The van der Waals surface area contributed by atoms with Crippen molar-refractivity contribution in [2.75, 3.05) is 32.2 Å². The molecule has 2 N–H and O–H groups in total. The number of benzene rings is 1. The molecule has 0 spiro atoms. The molecule has 0 bridgehead atoms. The lowest BCUT2D eigenvalue weighted by molar-refractivity contribution is -0.120. The molecular formula is C13H15ClN2O4. The normalized spacial score (nSPS) is 18.4. The van der Waals surface area contributed by atoms with Crippen LogP contribution in [0.4, 0.5) is 5.69 Å². The topological polar surface area (TPSA) is 76.7 Å². The summed E-state index contributed by atoms with van der Waals surface area (Å²) in [5.41, 5.74) is 0.770. The highest BCUT2D eigenvalue weighted by molar-refractivity contribution is 6.34. The van der Waals surface area contributed by atoms with Crippen LogP contribution in [0.1, 0.15) is 10.4 Å². The van der Waals surface area contributed by atoms with Crippen molar-refractivity contribution in [3.05, 3.63) is 28.8 Å². The fourth-order valence-corrected chi connectivity index (χ4v) is 2.09. The second-order valence-corrected chi connectivity index (χ2v) is 4.66. The molecule has 1 aliphatic heterocycles. The van der Waals surface area contributed by atoms with Crippen molar-refractivity contribution in [1.29, 1.82) is 0 Å². The van der Waals surface area contributed by atoms with Crippen LogP contribution in [-0.4, -0.2) is 44.8 Å². The van der Waals surface area contributed by atoms with Crippen molar-refractivity contribution in [1.82, 2.24) is 5.32 Å². The van der Waals surface area contributed by atoms with E-state index in [1.807, 2.05) is 0 Å². The van der Waals surface area contributed by atoms with Crippen LogP contribution in [0.3, 0.4) is 0 Å². The highest BCUT2D eigenvalue weighted by Crippen LogP contribution is 2.21. The number of nitrogens with one attached hydrogen (secondary N) is 2. The Bertz CT molecular complexity index is 515. The molecule has 108 valence electrons. The lowest BCUT2D eigenvalue weighted by atomic mass is 10.2. The largest absolute Gasteiger partial charge is 0.465 e. The SMILES string of the molecule is COC(=O)c1ccc(NC(=O)C2COCCN2)cc1Cl. The first kappa shape index (κ1) is 14.8. The van der Waals surface area contributed by atoms with Gasteiger partial charge in [-0.05, 0) is 18.2 Å². The van der Waals surface area contributed by atoms with Crippen molar-refractivity contribution in [2.24, 2.45) is 0 Å². The molecule has 1 aromatic rings. The van der Waals surface area contributed by atoms with Crippen LogP contribution >= 0.6 is 11.6 Å². The Labute approximate surface area is 121 Å². The van der Waals surface area contributed by atoms with E-state index >= 15 is 0 Å². The van der Waals surface area contributed by atoms with Gasteiger partial charge in [0, 0.05) is 12.2 Å². The predicted molar refractivity (Wildman–Crippen MR) is 74.0 cm³/mol. The first-order valence-corrected chi connectivity index (χ1v) is 6.49. The minimum absolute atomic E-state index is 0.202. The fraction of sp³-hybridized carbons (Fsp3) is 0.385. The van der Waals surface area contributed by atoms with Crippen molar-refractivity contribution in [3.8, 4) is 0 Å². The molecule has 1 atom stereocenters. The van der Waals surface area contributed by atoms with Gasteiger partial charge in [0.05, 0.1) is 30.9 Å². The molecule has 1 fully saturated rings. The maximum absolute atomic E-state index is 12.0. The standard InChI is InChI=1S/C13H15ClN2O4/c1-19-13(18)9-3-2-8(6-10(9)14)16-12(17)11-7-20-5-4-15-11/h2-3,6,11,15H,4-5,7H2,1H3,(H,16,17). The lowest BCUT2D eigenvalue weighted by Gasteiger charge is -2.22. The van der Waals surface area contributed by atoms with Gasteiger partial charge in [-0.15, -0.1) is 0 Å². The van der Waals surface area contributed by atoms with Crippen LogP contribution in [0.25, 0.3) is 0 Å². The van der Waals surface area contributed by atoms with E-state index in [2.05, 4.69) is 15.4 Å². The Kier molecular flexibility index (Phi) is 4.94.